The maximum absolute atomic E-state index is 12.2. The number of benzene rings is 2. The number of hydrogen-bond donors (Lipinski definition) is 2. The van der Waals surface area contributed by atoms with Gasteiger partial charge in [-0.15, -0.1) is 0 Å². The van der Waals surface area contributed by atoms with Gasteiger partial charge in [0, 0.05) is 35.7 Å². The first-order chi connectivity index (χ1) is 15.4. The summed E-state index contributed by atoms with van der Waals surface area (Å²) in [5, 5.41) is 16.5. The molecule has 32 heavy (non-hydrogen) atoms. The fourth-order valence-corrected chi connectivity index (χ4v) is 3.95. The number of nitrogens with zero attached hydrogens (tertiary/aromatic N) is 2. The van der Waals surface area contributed by atoms with Crippen LogP contribution in [0.4, 0.5) is 0 Å². The number of carboxylic acids is 1. The van der Waals surface area contributed by atoms with Gasteiger partial charge in [0.25, 0.3) is 5.89 Å². The van der Waals surface area contributed by atoms with Crippen LogP contribution < -0.4 is 5.32 Å². The third-order valence-electron chi connectivity index (χ3n) is 5.97. The van der Waals surface area contributed by atoms with Gasteiger partial charge in [0.1, 0.15) is 0 Å². The normalized spacial score (nSPS) is 17.7. The molecule has 0 unspecified atom stereocenters. The van der Waals surface area contributed by atoms with Gasteiger partial charge in [-0.3, -0.25) is 9.59 Å². The Hall–Kier alpha value is -3.32. The second-order valence-corrected chi connectivity index (χ2v) is 8.41. The van der Waals surface area contributed by atoms with Crippen molar-refractivity contribution >= 4 is 11.8 Å². The number of rotatable bonds is 9. The second kappa shape index (κ2) is 9.44. The van der Waals surface area contributed by atoms with E-state index in [2.05, 4.69) is 15.5 Å². The fourth-order valence-electron chi connectivity index (χ4n) is 3.95. The first kappa shape index (κ1) is 21.9. The van der Waals surface area contributed by atoms with Crippen molar-refractivity contribution in [2.24, 2.45) is 5.92 Å². The van der Waals surface area contributed by atoms with E-state index in [9.17, 15) is 9.59 Å². The monoisotopic (exact) mass is 433 g/mol. The molecule has 2 aromatic carbocycles. The fraction of sp³-hybridized carbons (Fsp3) is 0.360. The molecule has 0 saturated heterocycles. The molecule has 0 radical (unpaired) electrons. The molecule has 7 nitrogen and oxygen atoms in total. The third kappa shape index (κ3) is 4.78. The SMILES string of the molecule is CCCC(=O)c1ccc(-c2nc(-c3ccc(CNC4CC(C(=O)O)C4)cc3)no2)cc1C. The zero-order valence-electron chi connectivity index (χ0n) is 18.3. The Kier molecular flexibility index (Phi) is 6.46. The number of carbonyl (C=O) groups is 2. The zero-order valence-corrected chi connectivity index (χ0v) is 18.3. The minimum Gasteiger partial charge on any atom is -0.481 e. The maximum atomic E-state index is 12.2. The van der Waals surface area contributed by atoms with Crippen LogP contribution in [0.3, 0.4) is 0 Å². The van der Waals surface area contributed by atoms with E-state index in [0.29, 0.717) is 37.5 Å². The van der Waals surface area contributed by atoms with Gasteiger partial charge in [-0.2, -0.15) is 4.98 Å². The molecule has 4 rings (SSSR count). The van der Waals surface area contributed by atoms with E-state index in [0.717, 1.165) is 34.2 Å². The Balaban J connectivity index is 1.39. The van der Waals surface area contributed by atoms with E-state index in [1.54, 1.807) is 0 Å². The highest BCUT2D eigenvalue weighted by molar-refractivity contribution is 5.97. The maximum Gasteiger partial charge on any atom is 0.306 e. The second-order valence-electron chi connectivity index (χ2n) is 8.41. The number of Topliss-reactive ketones (excluding diaryl/α,β-unsaturated/α-hetero) is 1. The van der Waals surface area contributed by atoms with Gasteiger partial charge in [-0.25, -0.2) is 0 Å². The van der Waals surface area contributed by atoms with Crippen molar-refractivity contribution in [1.82, 2.24) is 15.5 Å². The van der Waals surface area contributed by atoms with E-state index in [-0.39, 0.29) is 17.7 Å². The molecule has 3 aromatic rings. The van der Waals surface area contributed by atoms with Crippen molar-refractivity contribution in [1.29, 1.82) is 0 Å². The molecule has 166 valence electrons. The molecule has 0 aliphatic heterocycles. The van der Waals surface area contributed by atoms with Gasteiger partial charge >= 0.3 is 5.97 Å². The number of carbonyl (C=O) groups excluding carboxylic acids is 1. The molecule has 2 N–H and O–H groups in total. The standard InChI is InChI=1S/C25H27N3O4/c1-3-4-22(29)21-10-9-18(11-15(21)2)24-27-23(28-32-24)17-7-5-16(6-8-17)14-26-20-12-19(13-20)25(30)31/h5-11,19-20,26H,3-4,12-14H2,1-2H3,(H,30,31). The van der Waals surface area contributed by atoms with Gasteiger partial charge in [0.2, 0.25) is 5.82 Å². The Morgan fingerprint density at radius 1 is 1.12 bits per heavy atom. The molecule has 0 atom stereocenters. The number of nitrogens with one attached hydrogen (secondary N) is 1. The summed E-state index contributed by atoms with van der Waals surface area (Å²) in [6.07, 6.45) is 2.74. The van der Waals surface area contributed by atoms with E-state index in [4.69, 9.17) is 9.63 Å². The summed E-state index contributed by atoms with van der Waals surface area (Å²) in [5.41, 5.74) is 4.39. The Morgan fingerprint density at radius 3 is 2.50 bits per heavy atom. The smallest absolute Gasteiger partial charge is 0.306 e. The minimum atomic E-state index is -0.706. The summed E-state index contributed by atoms with van der Waals surface area (Å²) in [6.45, 7) is 4.61. The van der Waals surface area contributed by atoms with Gasteiger partial charge in [-0.1, -0.05) is 42.4 Å². The quantitative estimate of drug-likeness (QED) is 0.473. The summed E-state index contributed by atoms with van der Waals surface area (Å²) in [6, 6.07) is 13.8. The van der Waals surface area contributed by atoms with Crippen LogP contribution in [-0.2, 0) is 11.3 Å². The third-order valence-corrected chi connectivity index (χ3v) is 5.97. The summed E-state index contributed by atoms with van der Waals surface area (Å²) in [5.74, 6) is 0.159. The lowest BCUT2D eigenvalue weighted by Gasteiger charge is -2.33. The average molecular weight is 434 g/mol. The first-order valence-electron chi connectivity index (χ1n) is 11.0. The average Bonchev–Trinajstić information content (AvgIpc) is 3.23. The Morgan fingerprint density at radius 2 is 1.84 bits per heavy atom. The lowest BCUT2D eigenvalue weighted by Crippen LogP contribution is -2.43. The highest BCUT2D eigenvalue weighted by Gasteiger charge is 2.33. The number of aryl methyl sites for hydroxylation is 1. The molecule has 1 aliphatic carbocycles. The van der Waals surface area contributed by atoms with Gasteiger partial charge in [-0.05, 0) is 49.4 Å². The van der Waals surface area contributed by atoms with Gasteiger partial charge in [0.05, 0.1) is 5.92 Å². The molecule has 1 saturated carbocycles. The molecular weight excluding hydrogens is 406 g/mol. The molecule has 7 heteroatoms. The summed E-state index contributed by atoms with van der Waals surface area (Å²) in [7, 11) is 0. The number of ketones is 1. The van der Waals surface area contributed by atoms with Crippen LogP contribution in [0.5, 0.6) is 0 Å². The van der Waals surface area contributed by atoms with Crippen molar-refractivity contribution in [3.8, 4) is 22.8 Å². The molecule has 0 bridgehead atoms. The summed E-state index contributed by atoms with van der Waals surface area (Å²) < 4.78 is 5.46. The molecule has 1 aromatic heterocycles. The number of aliphatic carboxylic acids is 1. The number of carboxylic acid groups (broad SMARTS) is 1. The Bertz CT molecular complexity index is 1110. The van der Waals surface area contributed by atoms with Crippen molar-refractivity contribution < 1.29 is 19.2 Å². The van der Waals surface area contributed by atoms with Crippen LogP contribution in [0.15, 0.2) is 47.0 Å². The number of hydrogen-bond acceptors (Lipinski definition) is 6. The van der Waals surface area contributed by atoms with Crippen LogP contribution in [0, 0.1) is 12.8 Å². The molecule has 0 amide bonds. The van der Waals surface area contributed by atoms with Crippen molar-refractivity contribution in [3.05, 3.63) is 59.2 Å². The summed E-state index contributed by atoms with van der Waals surface area (Å²) in [4.78, 5) is 27.6. The topological polar surface area (TPSA) is 105 Å². The van der Waals surface area contributed by atoms with Gasteiger partial charge < -0.3 is 14.9 Å². The van der Waals surface area contributed by atoms with Crippen LogP contribution in [-0.4, -0.2) is 33.0 Å². The minimum absolute atomic E-state index is 0.149. The van der Waals surface area contributed by atoms with Crippen LogP contribution >= 0.6 is 0 Å². The Labute approximate surface area is 186 Å². The van der Waals surface area contributed by atoms with Crippen molar-refractivity contribution in [2.45, 2.75) is 52.1 Å². The van der Waals surface area contributed by atoms with E-state index >= 15 is 0 Å². The lowest BCUT2D eigenvalue weighted by atomic mass is 9.80. The molecule has 1 aliphatic rings. The van der Waals surface area contributed by atoms with Crippen molar-refractivity contribution in [3.63, 3.8) is 0 Å². The number of aromatic nitrogens is 2. The van der Waals surface area contributed by atoms with Crippen LogP contribution in [0.25, 0.3) is 22.8 Å². The highest BCUT2D eigenvalue weighted by Crippen LogP contribution is 2.28. The van der Waals surface area contributed by atoms with Crippen LogP contribution in [0.2, 0.25) is 0 Å². The van der Waals surface area contributed by atoms with E-state index < -0.39 is 5.97 Å². The predicted molar refractivity (Wildman–Crippen MR) is 120 cm³/mol. The molecular formula is C25H27N3O4. The lowest BCUT2D eigenvalue weighted by molar-refractivity contribution is -0.145. The highest BCUT2D eigenvalue weighted by atomic mass is 16.5. The molecule has 1 fully saturated rings. The molecule has 0 spiro atoms. The first-order valence-corrected chi connectivity index (χ1v) is 11.0. The van der Waals surface area contributed by atoms with E-state index in [1.807, 2.05) is 56.3 Å². The molecule has 1 heterocycles. The van der Waals surface area contributed by atoms with Crippen molar-refractivity contribution in [2.75, 3.05) is 0 Å². The van der Waals surface area contributed by atoms with Gasteiger partial charge in [0.15, 0.2) is 5.78 Å². The van der Waals surface area contributed by atoms with Crippen LogP contribution in [0.1, 0.15) is 54.1 Å². The zero-order chi connectivity index (χ0) is 22.7. The largest absolute Gasteiger partial charge is 0.481 e. The summed E-state index contributed by atoms with van der Waals surface area (Å²) >= 11 is 0. The predicted octanol–water partition coefficient (Wildman–Crippen LogP) is 4.65. The van der Waals surface area contributed by atoms with E-state index in [1.165, 1.54) is 0 Å².